The summed E-state index contributed by atoms with van der Waals surface area (Å²) in [5.74, 6) is 4.48. The minimum Gasteiger partial charge on any atom is -0.412 e. The van der Waals surface area contributed by atoms with Gasteiger partial charge in [0, 0.05) is 5.56 Å². The maximum Gasteiger partial charge on any atom is 0.322 e. The normalized spacial score (nSPS) is 10.1. The Hall–Kier alpha value is -2.21. The standard InChI is InChI=1S/C10H10N4O2/c1-6-3-2-4-7(5-6)9-13-14-10(16-9)8(15)12-11/h2-5H,11H2,1H3,(H,12,15). The molecule has 1 amide bonds. The molecule has 2 aromatic rings. The molecule has 0 aliphatic carbocycles. The van der Waals surface area contributed by atoms with Crippen LogP contribution in [-0.4, -0.2) is 16.1 Å². The number of rotatable bonds is 2. The molecule has 0 saturated carbocycles. The molecule has 6 heteroatoms. The van der Waals surface area contributed by atoms with E-state index in [1.165, 1.54) is 0 Å². The summed E-state index contributed by atoms with van der Waals surface area (Å²) in [5.41, 5.74) is 3.76. The highest BCUT2D eigenvalue weighted by Gasteiger charge is 2.14. The molecule has 1 aromatic heterocycles. The Morgan fingerprint density at radius 1 is 1.44 bits per heavy atom. The molecule has 16 heavy (non-hydrogen) atoms. The highest BCUT2D eigenvalue weighted by molar-refractivity contribution is 5.89. The van der Waals surface area contributed by atoms with Crippen LogP contribution in [0.25, 0.3) is 11.5 Å². The van der Waals surface area contributed by atoms with Crippen molar-refractivity contribution in [1.82, 2.24) is 15.6 Å². The van der Waals surface area contributed by atoms with Crippen LogP contribution in [0.3, 0.4) is 0 Å². The SMILES string of the molecule is Cc1cccc(-c2nnc(C(=O)NN)o2)c1. The van der Waals surface area contributed by atoms with Gasteiger partial charge in [-0.1, -0.05) is 17.7 Å². The highest BCUT2D eigenvalue weighted by atomic mass is 16.4. The largest absolute Gasteiger partial charge is 0.412 e. The molecule has 82 valence electrons. The summed E-state index contributed by atoms with van der Waals surface area (Å²) in [7, 11) is 0. The Morgan fingerprint density at radius 3 is 2.94 bits per heavy atom. The molecular formula is C10H10N4O2. The van der Waals surface area contributed by atoms with Crippen molar-refractivity contribution in [2.24, 2.45) is 5.84 Å². The first-order valence-corrected chi connectivity index (χ1v) is 4.62. The van der Waals surface area contributed by atoms with Crippen LogP contribution in [0, 0.1) is 6.92 Å². The van der Waals surface area contributed by atoms with E-state index in [-0.39, 0.29) is 5.89 Å². The molecule has 3 N–H and O–H groups in total. The summed E-state index contributed by atoms with van der Waals surface area (Å²) in [5, 5.41) is 7.35. The molecule has 0 atom stereocenters. The van der Waals surface area contributed by atoms with E-state index in [2.05, 4.69) is 10.2 Å². The van der Waals surface area contributed by atoms with Crippen LogP contribution in [0.1, 0.15) is 16.2 Å². The average Bonchev–Trinajstić information content (AvgIpc) is 2.77. The van der Waals surface area contributed by atoms with Crippen LogP contribution in [0.5, 0.6) is 0 Å². The number of carbonyl (C=O) groups excluding carboxylic acids is 1. The summed E-state index contributed by atoms with van der Waals surface area (Å²) in [6.07, 6.45) is 0. The third-order valence-corrected chi connectivity index (χ3v) is 2.02. The van der Waals surface area contributed by atoms with Crippen LogP contribution in [-0.2, 0) is 0 Å². The lowest BCUT2D eigenvalue weighted by Crippen LogP contribution is -2.30. The van der Waals surface area contributed by atoms with Gasteiger partial charge in [0.2, 0.25) is 5.89 Å². The smallest absolute Gasteiger partial charge is 0.322 e. The molecular weight excluding hydrogens is 208 g/mol. The second-order valence-electron chi connectivity index (χ2n) is 3.26. The van der Waals surface area contributed by atoms with E-state index in [9.17, 15) is 4.79 Å². The van der Waals surface area contributed by atoms with Crippen LogP contribution in [0.15, 0.2) is 28.7 Å². The van der Waals surface area contributed by atoms with Gasteiger partial charge >= 0.3 is 11.8 Å². The molecule has 0 aliphatic heterocycles. The topological polar surface area (TPSA) is 94.0 Å². The second kappa shape index (κ2) is 4.11. The number of nitrogens with zero attached hydrogens (tertiary/aromatic N) is 2. The lowest BCUT2D eigenvalue weighted by atomic mass is 10.1. The van der Waals surface area contributed by atoms with Crippen molar-refractivity contribution in [2.75, 3.05) is 0 Å². The van der Waals surface area contributed by atoms with Crippen LogP contribution in [0.2, 0.25) is 0 Å². The molecule has 1 aromatic carbocycles. The summed E-state index contributed by atoms with van der Waals surface area (Å²) < 4.78 is 5.16. The van der Waals surface area contributed by atoms with Gasteiger partial charge in [-0.15, -0.1) is 10.2 Å². The number of nitrogens with one attached hydrogen (secondary N) is 1. The number of hydrazine groups is 1. The van der Waals surface area contributed by atoms with Crippen LogP contribution < -0.4 is 11.3 Å². The first-order valence-electron chi connectivity index (χ1n) is 4.62. The van der Waals surface area contributed by atoms with Gasteiger partial charge in [0.15, 0.2) is 0 Å². The predicted octanol–water partition coefficient (Wildman–Crippen LogP) is 0.649. The van der Waals surface area contributed by atoms with E-state index in [0.29, 0.717) is 5.89 Å². The molecule has 2 rings (SSSR count). The molecule has 0 bridgehead atoms. The third-order valence-electron chi connectivity index (χ3n) is 2.02. The van der Waals surface area contributed by atoms with Gasteiger partial charge in [-0.05, 0) is 19.1 Å². The van der Waals surface area contributed by atoms with Gasteiger partial charge in [0.1, 0.15) is 0 Å². The number of aryl methyl sites for hydroxylation is 1. The quantitative estimate of drug-likeness (QED) is 0.438. The number of amides is 1. The maximum absolute atomic E-state index is 11.1. The Balaban J connectivity index is 2.35. The van der Waals surface area contributed by atoms with E-state index in [4.69, 9.17) is 10.3 Å². The molecule has 0 unspecified atom stereocenters. The van der Waals surface area contributed by atoms with E-state index in [1.807, 2.05) is 36.6 Å². The highest BCUT2D eigenvalue weighted by Crippen LogP contribution is 2.18. The first-order chi connectivity index (χ1) is 7.70. The monoisotopic (exact) mass is 218 g/mol. The average molecular weight is 218 g/mol. The number of nitrogens with two attached hydrogens (primary N) is 1. The summed E-state index contributed by atoms with van der Waals surface area (Å²) in [4.78, 5) is 11.1. The summed E-state index contributed by atoms with van der Waals surface area (Å²) in [6, 6.07) is 7.53. The molecule has 0 spiro atoms. The van der Waals surface area contributed by atoms with Crippen LogP contribution in [0.4, 0.5) is 0 Å². The van der Waals surface area contributed by atoms with E-state index >= 15 is 0 Å². The van der Waals surface area contributed by atoms with Gasteiger partial charge in [0.25, 0.3) is 0 Å². The predicted molar refractivity (Wildman–Crippen MR) is 56.1 cm³/mol. The van der Waals surface area contributed by atoms with Crippen molar-refractivity contribution in [2.45, 2.75) is 6.92 Å². The van der Waals surface area contributed by atoms with Gasteiger partial charge in [0.05, 0.1) is 0 Å². The summed E-state index contributed by atoms with van der Waals surface area (Å²) in [6.45, 7) is 1.95. The van der Waals surface area contributed by atoms with Gasteiger partial charge < -0.3 is 4.42 Å². The minimum absolute atomic E-state index is 0.154. The number of aromatic nitrogens is 2. The van der Waals surface area contributed by atoms with Crippen LogP contribution >= 0.6 is 0 Å². The molecule has 0 fully saturated rings. The zero-order valence-electron chi connectivity index (χ0n) is 8.60. The number of carbonyl (C=O) groups is 1. The van der Waals surface area contributed by atoms with Crippen molar-refractivity contribution < 1.29 is 9.21 Å². The lowest BCUT2D eigenvalue weighted by molar-refractivity contribution is 0.0919. The third kappa shape index (κ3) is 1.91. The number of hydrogen-bond donors (Lipinski definition) is 2. The first kappa shape index (κ1) is 10.3. The zero-order valence-corrected chi connectivity index (χ0v) is 8.60. The Labute approximate surface area is 91.4 Å². The van der Waals surface area contributed by atoms with Gasteiger partial charge in [-0.2, -0.15) is 0 Å². The molecule has 0 aliphatic rings. The number of nitrogen functional groups attached to an aromatic ring is 1. The van der Waals surface area contributed by atoms with Gasteiger partial charge in [-0.25, -0.2) is 5.84 Å². The van der Waals surface area contributed by atoms with Crippen molar-refractivity contribution in [3.8, 4) is 11.5 Å². The Bertz CT molecular complexity index is 521. The fraction of sp³-hybridized carbons (Fsp3) is 0.100. The fourth-order valence-electron chi connectivity index (χ4n) is 1.27. The molecule has 6 nitrogen and oxygen atoms in total. The van der Waals surface area contributed by atoms with Crippen molar-refractivity contribution >= 4 is 5.91 Å². The van der Waals surface area contributed by atoms with Gasteiger partial charge in [-0.3, -0.25) is 10.2 Å². The fourth-order valence-corrected chi connectivity index (χ4v) is 1.27. The van der Waals surface area contributed by atoms with Crippen molar-refractivity contribution in [3.05, 3.63) is 35.7 Å². The Kier molecular flexibility index (Phi) is 2.65. The summed E-state index contributed by atoms with van der Waals surface area (Å²) >= 11 is 0. The number of benzene rings is 1. The minimum atomic E-state index is -0.605. The van der Waals surface area contributed by atoms with Crippen molar-refractivity contribution in [3.63, 3.8) is 0 Å². The molecule has 0 radical (unpaired) electrons. The molecule has 0 saturated heterocycles. The molecule has 1 heterocycles. The van der Waals surface area contributed by atoms with Crippen molar-refractivity contribution in [1.29, 1.82) is 0 Å². The second-order valence-corrected chi connectivity index (χ2v) is 3.26. The Morgan fingerprint density at radius 2 is 2.25 bits per heavy atom. The van der Waals surface area contributed by atoms with E-state index in [1.54, 1.807) is 0 Å². The van der Waals surface area contributed by atoms with E-state index in [0.717, 1.165) is 11.1 Å². The zero-order chi connectivity index (χ0) is 11.5. The lowest BCUT2D eigenvalue weighted by Gasteiger charge is -1.95. The maximum atomic E-state index is 11.1. The number of hydrogen-bond acceptors (Lipinski definition) is 5. The van der Waals surface area contributed by atoms with E-state index < -0.39 is 5.91 Å².